The van der Waals surface area contributed by atoms with Crippen molar-refractivity contribution in [1.82, 2.24) is 0 Å². The van der Waals surface area contributed by atoms with E-state index in [1.165, 1.54) is 0 Å². The molecule has 0 aliphatic heterocycles. The van der Waals surface area contributed by atoms with Gasteiger partial charge < -0.3 is 15.2 Å². The van der Waals surface area contributed by atoms with Gasteiger partial charge in [-0.1, -0.05) is 15.9 Å². The monoisotopic (exact) mass is 301 g/mol. The van der Waals surface area contributed by atoms with E-state index in [9.17, 15) is 4.79 Å². The Bertz CT molecular complexity index is 395. The largest absolute Gasteiger partial charge is 0.479 e. The van der Waals surface area contributed by atoms with Crippen molar-refractivity contribution in [2.24, 2.45) is 0 Å². The van der Waals surface area contributed by atoms with Crippen LogP contribution in [0.5, 0.6) is 5.75 Å². The van der Waals surface area contributed by atoms with Gasteiger partial charge in [-0.3, -0.25) is 0 Å². The second-order valence-electron chi connectivity index (χ2n) is 3.97. The minimum absolute atomic E-state index is 0.134. The molecule has 0 unspecified atom stereocenters. The topological polar surface area (TPSA) is 61.5 Å². The smallest absolute Gasteiger partial charge is 0.344 e. The standard InChI is InChI=1S/C12H16BrNO3/c1-7(2)17-11(15)6-16-12-8(3)4-9(13)5-10(12)14/h4-5,7H,6,14H2,1-3H3. The summed E-state index contributed by atoms with van der Waals surface area (Å²) < 4.78 is 11.2. The summed E-state index contributed by atoms with van der Waals surface area (Å²) in [6.07, 6.45) is -0.144. The number of halogens is 1. The first-order chi connectivity index (χ1) is 7.90. The maximum Gasteiger partial charge on any atom is 0.344 e. The van der Waals surface area contributed by atoms with Gasteiger partial charge in [-0.15, -0.1) is 0 Å². The van der Waals surface area contributed by atoms with Gasteiger partial charge in [0.25, 0.3) is 0 Å². The van der Waals surface area contributed by atoms with Crippen molar-refractivity contribution in [2.75, 3.05) is 12.3 Å². The highest BCUT2D eigenvalue weighted by molar-refractivity contribution is 9.10. The van der Waals surface area contributed by atoms with Crippen LogP contribution in [-0.2, 0) is 9.53 Å². The first-order valence-electron chi connectivity index (χ1n) is 5.28. The third-order valence-corrected chi connectivity index (χ3v) is 2.43. The highest BCUT2D eigenvalue weighted by atomic mass is 79.9. The summed E-state index contributed by atoms with van der Waals surface area (Å²) >= 11 is 3.33. The summed E-state index contributed by atoms with van der Waals surface area (Å²) in [5.74, 6) is 0.121. The Kier molecular flexibility index (Phi) is 4.81. The lowest BCUT2D eigenvalue weighted by Crippen LogP contribution is -2.19. The van der Waals surface area contributed by atoms with Gasteiger partial charge in [-0.2, -0.15) is 0 Å². The highest BCUT2D eigenvalue weighted by Gasteiger charge is 2.10. The zero-order valence-corrected chi connectivity index (χ0v) is 11.7. The summed E-state index contributed by atoms with van der Waals surface area (Å²) in [6, 6.07) is 3.61. The van der Waals surface area contributed by atoms with Crippen LogP contribution >= 0.6 is 15.9 Å². The molecule has 0 saturated carbocycles. The average molecular weight is 302 g/mol. The van der Waals surface area contributed by atoms with Crippen LogP contribution in [-0.4, -0.2) is 18.7 Å². The van der Waals surface area contributed by atoms with Crippen LogP contribution in [0.1, 0.15) is 19.4 Å². The Morgan fingerprint density at radius 3 is 2.65 bits per heavy atom. The maximum absolute atomic E-state index is 11.3. The number of rotatable bonds is 4. The summed E-state index contributed by atoms with van der Waals surface area (Å²) in [5.41, 5.74) is 7.17. The fourth-order valence-corrected chi connectivity index (χ4v) is 1.97. The number of esters is 1. The normalized spacial score (nSPS) is 10.4. The molecule has 17 heavy (non-hydrogen) atoms. The zero-order chi connectivity index (χ0) is 13.0. The molecule has 0 saturated heterocycles. The third-order valence-electron chi connectivity index (χ3n) is 1.97. The summed E-state index contributed by atoms with van der Waals surface area (Å²) in [4.78, 5) is 11.3. The average Bonchev–Trinajstić information content (AvgIpc) is 2.14. The molecule has 0 spiro atoms. The molecule has 0 amide bonds. The summed E-state index contributed by atoms with van der Waals surface area (Å²) in [6.45, 7) is 5.31. The highest BCUT2D eigenvalue weighted by Crippen LogP contribution is 2.29. The van der Waals surface area contributed by atoms with E-state index in [-0.39, 0.29) is 12.7 Å². The summed E-state index contributed by atoms with van der Waals surface area (Å²) in [5, 5.41) is 0. The van der Waals surface area contributed by atoms with E-state index in [4.69, 9.17) is 15.2 Å². The number of hydrogen-bond donors (Lipinski definition) is 1. The van der Waals surface area contributed by atoms with E-state index >= 15 is 0 Å². The van der Waals surface area contributed by atoms with Crippen LogP contribution in [0.15, 0.2) is 16.6 Å². The van der Waals surface area contributed by atoms with Crippen molar-refractivity contribution in [1.29, 1.82) is 0 Å². The van der Waals surface area contributed by atoms with Crippen LogP contribution in [0.3, 0.4) is 0 Å². The molecule has 0 fully saturated rings. The SMILES string of the molecule is Cc1cc(Br)cc(N)c1OCC(=O)OC(C)C. The Morgan fingerprint density at radius 2 is 2.12 bits per heavy atom. The number of nitrogen functional groups attached to an aromatic ring is 1. The maximum atomic E-state index is 11.3. The lowest BCUT2D eigenvalue weighted by atomic mass is 10.2. The van der Waals surface area contributed by atoms with Gasteiger partial charge >= 0.3 is 5.97 Å². The van der Waals surface area contributed by atoms with Crippen LogP contribution < -0.4 is 10.5 Å². The van der Waals surface area contributed by atoms with Gasteiger partial charge in [0.05, 0.1) is 11.8 Å². The number of ether oxygens (including phenoxy) is 2. The van der Waals surface area contributed by atoms with Crippen LogP contribution in [0.25, 0.3) is 0 Å². The van der Waals surface area contributed by atoms with Crippen molar-refractivity contribution in [3.05, 3.63) is 22.2 Å². The predicted octanol–water partition coefficient (Wildman–Crippen LogP) is 2.67. The molecule has 4 nitrogen and oxygen atoms in total. The molecule has 0 aromatic heterocycles. The molecule has 1 aromatic carbocycles. The molecule has 1 rings (SSSR count). The summed E-state index contributed by atoms with van der Waals surface area (Å²) in [7, 11) is 0. The first-order valence-corrected chi connectivity index (χ1v) is 6.07. The van der Waals surface area contributed by atoms with E-state index < -0.39 is 5.97 Å². The lowest BCUT2D eigenvalue weighted by Gasteiger charge is -2.13. The van der Waals surface area contributed by atoms with Gasteiger partial charge in [-0.25, -0.2) is 4.79 Å². The number of nitrogens with two attached hydrogens (primary N) is 1. The van der Waals surface area contributed by atoms with Crippen molar-refractivity contribution in [3.8, 4) is 5.75 Å². The van der Waals surface area contributed by atoms with Crippen molar-refractivity contribution in [2.45, 2.75) is 26.9 Å². The van der Waals surface area contributed by atoms with Gasteiger partial charge in [0.2, 0.25) is 0 Å². The number of hydrogen-bond acceptors (Lipinski definition) is 4. The zero-order valence-electron chi connectivity index (χ0n) is 10.1. The van der Waals surface area contributed by atoms with Gasteiger partial charge in [-0.05, 0) is 38.5 Å². The van der Waals surface area contributed by atoms with E-state index in [0.29, 0.717) is 11.4 Å². The second kappa shape index (κ2) is 5.91. The Morgan fingerprint density at radius 1 is 1.47 bits per heavy atom. The third kappa shape index (κ3) is 4.26. The van der Waals surface area contributed by atoms with Crippen molar-refractivity contribution < 1.29 is 14.3 Å². The van der Waals surface area contributed by atoms with Crippen molar-refractivity contribution in [3.63, 3.8) is 0 Å². The Balaban J connectivity index is 2.67. The predicted molar refractivity (Wildman–Crippen MR) is 70.0 cm³/mol. The first kappa shape index (κ1) is 13.8. The molecule has 0 bridgehead atoms. The fraction of sp³-hybridized carbons (Fsp3) is 0.417. The number of carbonyl (C=O) groups is 1. The van der Waals surface area contributed by atoms with E-state index in [0.717, 1.165) is 10.0 Å². The molecule has 5 heteroatoms. The molecule has 1 aromatic rings. The van der Waals surface area contributed by atoms with Gasteiger partial charge in [0.15, 0.2) is 6.61 Å². The molecule has 0 atom stereocenters. The number of aryl methyl sites for hydroxylation is 1. The van der Waals surface area contributed by atoms with Gasteiger partial charge in [0, 0.05) is 4.47 Å². The van der Waals surface area contributed by atoms with Gasteiger partial charge in [0.1, 0.15) is 5.75 Å². The minimum Gasteiger partial charge on any atom is -0.479 e. The molecule has 0 radical (unpaired) electrons. The minimum atomic E-state index is -0.401. The van der Waals surface area contributed by atoms with E-state index in [1.54, 1.807) is 19.9 Å². The van der Waals surface area contributed by atoms with E-state index in [2.05, 4.69) is 15.9 Å². The van der Waals surface area contributed by atoms with Crippen molar-refractivity contribution >= 4 is 27.6 Å². The Hall–Kier alpha value is -1.23. The van der Waals surface area contributed by atoms with Crippen LogP contribution in [0.4, 0.5) is 5.69 Å². The molecule has 0 aliphatic rings. The van der Waals surface area contributed by atoms with Crippen LogP contribution in [0, 0.1) is 6.92 Å². The molecule has 2 N–H and O–H groups in total. The molecule has 94 valence electrons. The molecular weight excluding hydrogens is 286 g/mol. The number of carbonyl (C=O) groups excluding carboxylic acids is 1. The quantitative estimate of drug-likeness (QED) is 0.686. The number of anilines is 1. The second-order valence-corrected chi connectivity index (χ2v) is 4.88. The number of benzene rings is 1. The molecule has 0 heterocycles. The molecule has 0 aliphatic carbocycles. The fourth-order valence-electron chi connectivity index (χ4n) is 1.38. The lowest BCUT2D eigenvalue weighted by molar-refractivity contribution is -0.149. The Labute approximate surface area is 109 Å². The molecular formula is C12H16BrNO3. The van der Waals surface area contributed by atoms with Crippen LogP contribution in [0.2, 0.25) is 0 Å². The van der Waals surface area contributed by atoms with E-state index in [1.807, 2.05) is 13.0 Å².